The van der Waals surface area contributed by atoms with Gasteiger partial charge in [-0.2, -0.15) is 5.26 Å². The predicted octanol–water partition coefficient (Wildman–Crippen LogP) is 1.00. The fraction of sp³-hybridized carbons (Fsp3) is 0.333. The highest BCUT2D eigenvalue weighted by Crippen LogP contribution is 2.14. The molecule has 1 aromatic heterocycles. The van der Waals surface area contributed by atoms with Gasteiger partial charge in [-0.1, -0.05) is 6.07 Å². The standard InChI is InChI=1S/C9H11N3O/c1-13-9-4-2-3-8(12-9)7(11)5-6-10/h2-4,7H,5,11H2,1H3. The molecule has 1 unspecified atom stereocenters. The number of hydrogen-bond acceptors (Lipinski definition) is 4. The zero-order valence-corrected chi connectivity index (χ0v) is 7.40. The average molecular weight is 177 g/mol. The third kappa shape index (κ3) is 2.42. The number of rotatable bonds is 3. The smallest absolute Gasteiger partial charge is 0.213 e. The van der Waals surface area contributed by atoms with Crippen molar-refractivity contribution in [3.05, 3.63) is 23.9 Å². The number of hydrogen-bond donors (Lipinski definition) is 1. The second-order valence-corrected chi connectivity index (χ2v) is 2.57. The molecule has 0 aliphatic carbocycles. The quantitative estimate of drug-likeness (QED) is 0.747. The highest BCUT2D eigenvalue weighted by Gasteiger charge is 2.07. The molecule has 1 atom stereocenters. The van der Waals surface area contributed by atoms with E-state index in [0.717, 1.165) is 0 Å². The van der Waals surface area contributed by atoms with E-state index in [1.54, 1.807) is 25.3 Å². The molecule has 13 heavy (non-hydrogen) atoms. The second-order valence-electron chi connectivity index (χ2n) is 2.57. The zero-order valence-electron chi connectivity index (χ0n) is 7.40. The summed E-state index contributed by atoms with van der Waals surface area (Å²) in [6, 6.07) is 6.99. The van der Waals surface area contributed by atoms with Gasteiger partial charge in [0.05, 0.1) is 31.3 Å². The Labute approximate surface area is 77.0 Å². The molecule has 0 aromatic carbocycles. The van der Waals surface area contributed by atoms with E-state index in [1.807, 2.05) is 6.07 Å². The van der Waals surface area contributed by atoms with Gasteiger partial charge >= 0.3 is 0 Å². The van der Waals surface area contributed by atoms with Crippen LogP contribution < -0.4 is 10.5 Å². The van der Waals surface area contributed by atoms with Crippen LogP contribution in [0.1, 0.15) is 18.2 Å². The van der Waals surface area contributed by atoms with Crippen LogP contribution in [0.5, 0.6) is 5.88 Å². The van der Waals surface area contributed by atoms with E-state index in [2.05, 4.69) is 4.98 Å². The van der Waals surface area contributed by atoms with Gasteiger partial charge < -0.3 is 10.5 Å². The molecule has 1 rings (SSSR count). The molecule has 0 radical (unpaired) electrons. The van der Waals surface area contributed by atoms with Crippen molar-refractivity contribution < 1.29 is 4.74 Å². The van der Waals surface area contributed by atoms with E-state index in [9.17, 15) is 0 Å². The second kappa shape index (κ2) is 4.43. The third-order valence-electron chi connectivity index (χ3n) is 1.65. The molecule has 4 nitrogen and oxygen atoms in total. The fourth-order valence-electron chi connectivity index (χ4n) is 0.954. The lowest BCUT2D eigenvalue weighted by molar-refractivity contribution is 0.395. The molecule has 68 valence electrons. The summed E-state index contributed by atoms with van der Waals surface area (Å²) in [6.07, 6.45) is 0.264. The summed E-state index contributed by atoms with van der Waals surface area (Å²) in [5, 5.41) is 8.44. The first-order valence-corrected chi connectivity index (χ1v) is 3.91. The van der Waals surface area contributed by atoms with Crippen molar-refractivity contribution in [3.8, 4) is 11.9 Å². The van der Waals surface area contributed by atoms with Crippen molar-refractivity contribution >= 4 is 0 Å². The summed E-state index contributed by atoms with van der Waals surface area (Å²) in [4.78, 5) is 4.11. The van der Waals surface area contributed by atoms with E-state index in [-0.39, 0.29) is 12.5 Å². The number of ether oxygens (including phenoxy) is 1. The fourth-order valence-corrected chi connectivity index (χ4v) is 0.954. The number of aromatic nitrogens is 1. The highest BCUT2D eigenvalue weighted by atomic mass is 16.5. The summed E-state index contributed by atoms with van der Waals surface area (Å²) in [7, 11) is 1.54. The van der Waals surface area contributed by atoms with Crippen LogP contribution in [0.25, 0.3) is 0 Å². The van der Waals surface area contributed by atoms with Crippen molar-refractivity contribution in [3.63, 3.8) is 0 Å². The normalized spacial score (nSPS) is 11.8. The topological polar surface area (TPSA) is 71.9 Å². The summed E-state index contributed by atoms with van der Waals surface area (Å²) in [6.45, 7) is 0. The molecule has 0 saturated carbocycles. The van der Waals surface area contributed by atoms with Crippen molar-refractivity contribution in [1.82, 2.24) is 4.98 Å². The van der Waals surface area contributed by atoms with Gasteiger partial charge in [0.1, 0.15) is 0 Å². The Morgan fingerprint density at radius 1 is 1.69 bits per heavy atom. The van der Waals surface area contributed by atoms with Crippen molar-refractivity contribution in [1.29, 1.82) is 5.26 Å². The lowest BCUT2D eigenvalue weighted by atomic mass is 10.1. The van der Waals surface area contributed by atoms with Gasteiger partial charge in [0.2, 0.25) is 5.88 Å². The molecule has 0 spiro atoms. The molecule has 0 aliphatic heterocycles. The van der Waals surface area contributed by atoms with Crippen molar-refractivity contribution in [2.45, 2.75) is 12.5 Å². The van der Waals surface area contributed by atoms with Crippen LogP contribution in [0, 0.1) is 11.3 Å². The van der Waals surface area contributed by atoms with Crippen LogP contribution >= 0.6 is 0 Å². The predicted molar refractivity (Wildman–Crippen MR) is 47.9 cm³/mol. The lowest BCUT2D eigenvalue weighted by Gasteiger charge is -2.07. The van der Waals surface area contributed by atoms with E-state index < -0.39 is 0 Å². The van der Waals surface area contributed by atoms with Crippen molar-refractivity contribution in [2.24, 2.45) is 5.73 Å². The van der Waals surface area contributed by atoms with Gasteiger partial charge in [-0.3, -0.25) is 0 Å². The van der Waals surface area contributed by atoms with Gasteiger partial charge in [0.25, 0.3) is 0 Å². The Kier molecular flexibility index (Phi) is 3.23. The summed E-state index contributed by atoms with van der Waals surface area (Å²) in [5.74, 6) is 0.519. The van der Waals surface area contributed by atoms with Crippen LogP contribution in [0.2, 0.25) is 0 Å². The first kappa shape index (κ1) is 9.49. The number of pyridine rings is 1. The molecule has 0 amide bonds. The van der Waals surface area contributed by atoms with E-state index in [1.165, 1.54) is 0 Å². The minimum atomic E-state index is -0.333. The maximum atomic E-state index is 8.44. The summed E-state index contributed by atoms with van der Waals surface area (Å²) >= 11 is 0. The molecule has 0 bridgehead atoms. The molecule has 1 heterocycles. The van der Waals surface area contributed by atoms with E-state index in [0.29, 0.717) is 11.6 Å². The highest BCUT2D eigenvalue weighted by molar-refractivity contribution is 5.18. The minimum absolute atomic E-state index is 0.264. The summed E-state index contributed by atoms with van der Waals surface area (Å²) < 4.78 is 4.93. The monoisotopic (exact) mass is 177 g/mol. The van der Waals surface area contributed by atoms with Crippen LogP contribution in [-0.2, 0) is 0 Å². The Bertz CT molecular complexity index is 319. The lowest BCUT2D eigenvalue weighted by Crippen LogP contribution is -2.11. The first-order chi connectivity index (χ1) is 6.27. The Balaban J connectivity index is 2.83. The molecule has 0 aliphatic rings. The number of nitrogens with two attached hydrogens (primary N) is 1. The van der Waals surface area contributed by atoms with Crippen LogP contribution in [0.4, 0.5) is 0 Å². The Morgan fingerprint density at radius 3 is 3.08 bits per heavy atom. The van der Waals surface area contributed by atoms with Gasteiger partial charge in [-0.15, -0.1) is 0 Å². The number of nitriles is 1. The largest absolute Gasteiger partial charge is 0.481 e. The number of nitrogens with zero attached hydrogens (tertiary/aromatic N) is 2. The zero-order chi connectivity index (χ0) is 9.68. The van der Waals surface area contributed by atoms with Gasteiger partial charge in [-0.05, 0) is 6.07 Å². The van der Waals surface area contributed by atoms with Crippen LogP contribution in [-0.4, -0.2) is 12.1 Å². The van der Waals surface area contributed by atoms with Crippen LogP contribution in [0.3, 0.4) is 0 Å². The third-order valence-corrected chi connectivity index (χ3v) is 1.65. The Morgan fingerprint density at radius 2 is 2.46 bits per heavy atom. The minimum Gasteiger partial charge on any atom is -0.481 e. The van der Waals surface area contributed by atoms with Crippen molar-refractivity contribution in [2.75, 3.05) is 7.11 Å². The molecule has 0 saturated heterocycles. The molecule has 1 aromatic rings. The maximum Gasteiger partial charge on any atom is 0.213 e. The molecular weight excluding hydrogens is 166 g/mol. The molecule has 2 N–H and O–H groups in total. The van der Waals surface area contributed by atoms with Gasteiger partial charge in [-0.25, -0.2) is 4.98 Å². The Hall–Kier alpha value is -1.60. The molecule has 0 fully saturated rings. The van der Waals surface area contributed by atoms with Gasteiger partial charge in [0, 0.05) is 6.07 Å². The first-order valence-electron chi connectivity index (χ1n) is 3.91. The molecular formula is C9H11N3O. The number of methoxy groups -OCH3 is 1. The van der Waals surface area contributed by atoms with Gasteiger partial charge in [0.15, 0.2) is 0 Å². The summed E-state index contributed by atoms with van der Waals surface area (Å²) in [5.41, 5.74) is 6.37. The van der Waals surface area contributed by atoms with Crippen LogP contribution in [0.15, 0.2) is 18.2 Å². The van der Waals surface area contributed by atoms with E-state index in [4.69, 9.17) is 15.7 Å². The average Bonchev–Trinajstić information content (AvgIpc) is 2.18. The maximum absolute atomic E-state index is 8.44. The SMILES string of the molecule is COc1cccc(C(N)CC#N)n1. The molecule has 4 heteroatoms. The van der Waals surface area contributed by atoms with E-state index >= 15 is 0 Å².